The maximum atomic E-state index is 11.9. The number of methoxy groups -OCH3 is 1. The van der Waals surface area contributed by atoms with Gasteiger partial charge in [0.1, 0.15) is 11.7 Å². The van der Waals surface area contributed by atoms with Crippen LogP contribution in [-0.2, 0) is 19.1 Å². The van der Waals surface area contributed by atoms with E-state index in [-0.39, 0.29) is 17.5 Å². The third kappa shape index (κ3) is 3.79. The minimum atomic E-state index is -0.685. The first-order chi connectivity index (χ1) is 8.60. The highest BCUT2D eigenvalue weighted by Crippen LogP contribution is 2.31. The summed E-state index contributed by atoms with van der Waals surface area (Å²) >= 11 is 0. The lowest BCUT2D eigenvalue weighted by molar-refractivity contribution is -0.151. The first-order valence-corrected chi connectivity index (χ1v) is 6.36. The number of ether oxygens (including phenoxy) is 1. The van der Waals surface area contributed by atoms with E-state index in [0.717, 1.165) is 19.3 Å². The predicted octanol–water partition coefficient (Wildman–Crippen LogP) is 2.07. The van der Waals surface area contributed by atoms with Gasteiger partial charge in [-0.1, -0.05) is 13.0 Å². The van der Waals surface area contributed by atoms with Crippen molar-refractivity contribution in [3.63, 3.8) is 0 Å². The van der Waals surface area contributed by atoms with Crippen molar-refractivity contribution < 1.29 is 19.1 Å². The number of esters is 1. The van der Waals surface area contributed by atoms with E-state index < -0.39 is 11.9 Å². The van der Waals surface area contributed by atoms with Crippen LogP contribution in [0.2, 0.25) is 0 Å². The molecule has 0 aromatic rings. The number of hydrogen-bond acceptors (Lipinski definition) is 4. The van der Waals surface area contributed by atoms with Crippen LogP contribution in [0.5, 0.6) is 0 Å². The Kier molecular flexibility index (Phi) is 5.75. The summed E-state index contributed by atoms with van der Waals surface area (Å²) < 4.78 is 4.71. The third-order valence-corrected chi connectivity index (χ3v) is 3.51. The Morgan fingerprint density at radius 2 is 2.17 bits per heavy atom. The molecule has 2 unspecified atom stereocenters. The molecule has 0 amide bonds. The summed E-state index contributed by atoms with van der Waals surface area (Å²) in [6.45, 7) is 3.42. The van der Waals surface area contributed by atoms with Gasteiger partial charge < -0.3 is 4.74 Å². The molecule has 0 aromatic heterocycles. The number of carbonyl (C=O) groups excluding carboxylic acids is 3. The number of Topliss-reactive ketones (excluding diaryl/α,β-unsaturated/α-hetero) is 1. The van der Waals surface area contributed by atoms with E-state index in [2.05, 4.69) is 6.58 Å². The second-order valence-corrected chi connectivity index (χ2v) is 4.68. The predicted molar refractivity (Wildman–Crippen MR) is 66.9 cm³/mol. The lowest BCUT2D eigenvalue weighted by atomic mass is 9.83. The third-order valence-electron chi connectivity index (χ3n) is 3.51. The van der Waals surface area contributed by atoms with Gasteiger partial charge >= 0.3 is 5.97 Å². The number of carbonyl (C=O) groups is 3. The van der Waals surface area contributed by atoms with E-state index in [1.165, 1.54) is 13.2 Å². The second-order valence-electron chi connectivity index (χ2n) is 4.68. The van der Waals surface area contributed by atoms with Gasteiger partial charge in [-0.05, 0) is 31.3 Å². The highest BCUT2D eigenvalue weighted by Gasteiger charge is 2.36. The molecule has 1 rings (SSSR count). The molecule has 1 saturated carbocycles. The molecule has 18 heavy (non-hydrogen) atoms. The lowest BCUT2D eigenvalue weighted by Crippen LogP contribution is -2.31. The van der Waals surface area contributed by atoms with Gasteiger partial charge in [0.05, 0.1) is 7.11 Å². The molecule has 1 fully saturated rings. The minimum Gasteiger partial charge on any atom is -0.468 e. The van der Waals surface area contributed by atoms with Crippen molar-refractivity contribution in [2.24, 2.45) is 11.8 Å². The molecule has 0 aromatic carbocycles. The van der Waals surface area contributed by atoms with Crippen LogP contribution >= 0.6 is 0 Å². The van der Waals surface area contributed by atoms with E-state index in [4.69, 9.17) is 4.74 Å². The van der Waals surface area contributed by atoms with Crippen molar-refractivity contribution in [1.82, 2.24) is 0 Å². The molecule has 4 heteroatoms. The normalized spacial score (nSPS) is 24.2. The largest absolute Gasteiger partial charge is 0.468 e. The summed E-state index contributed by atoms with van der Waals surface area (Å²) in [6, 6.07) is 0. The number of allylic oxidation sites excluding steroid dienone is 1. The van der Waals surface area contributed by atoms with E-state index in [1.54, 1.807) is 0 Å². The number of ketones is 2. The average molecular weight is 252 g/mol. The van der Waals surface area contributed by atoms with E-state index in [9.17, 15) is 14.4 Å². The SMILES string of the molecule is C=CC(=O)CCC1CCCCC(=O)C1C(=O)OC. The van der Waals surface area contributed by atoms with Gasteiger partial charge in [-0.3, -0.25) is 14.4 Å². The average Bonchev–Trinajstić information content (AvgIpc) is 2.56. The fourth-order valence-electron chi connectivity index (χ4n) is 2.48. The Labute approximate surface area is 107 Å². The van der Waals surface area contributed by atoms with Crippen LogP contribution in [0.4, 0.5) is 0 Å². The zero-order chi connectivity index (χ0) is 13.5. The Balaban J connectivity index is 2.74. The molecule has 4 nitrogen and oxygen atoms in total. The summed E-state index contributed by atoms with van der Waals surface area (Å²) in [6.07, 6.45) is 5.16. The summed E-state index contributed by atoms with van der Waals surface area (Å²) in [5, 5.41) is 0. The molecule has 0 aliphatic heterocycles. The van der Waals surface area contributed by atoms with Crippen LogP contribution in [0.3, 0.4) is 0 Å². The molecule has 1 aliphatic rings. The van der Waals surface area contributed by atoms with Crippen LogP contribution in [0.1, 0.15) is 38.5 Å². The maximum absolute atomic E-state index is 11.9. The number of hydrogen-bond donors (Lipinski definition) is 0. The molecule has 0 saturated heterocycles. The Bertz CT molecular complexity index is 346. The Morgan fingerprint density at radius 1 is 1.44 bits per heavy atom. The molecule has 100 valence electrons. The summed E-state index contributed by atoms with van der Waals surface area (Å²) in [5.74, 6) is -1.31. The molecule has 1 aliphatic carbocycles. The molecule has 0 N–H and O–H groups in total. The number of rotatable bonds is 5. The van der Waals surface area contributed by atoms with Crippen molar-refractivity contribution in [3.05, 3.63) is 12.7 Å². The van der Waals surface area contributed by atoms with Crippen molar-refractivity contribution in [3.8, 4) is 0 Å². The van der Waals surface area contributed by atoms with Gasteiger partial charge in [0.15, 0.2) is 5.78 Å². The topological polar surface area (TPSA) is 60.4 Å². The zero-order valence-corrected chi connectivity index (χ0v) is 10.8. The Morgan fingerprint density at radius 3 is 2.78 bits per heavy atom. The van der Waals surface area contributed by atoms with Gasteiger partial charge in [0.25, 0.3) is 0 Å². The second kappa shape index (κ2) is 7.09. The quantitative estimate of drug-likeness (QED) is 0.325. The van der Waals surface area contributed by atoms with Crippen molar-refractivity contribution in [1.29, 1.82) is 0 Å². The van der Waals surface area contributed by atoms with Crippen molar-refractivity contribution in [2.75, 3.05) is 7.11 Å². The van der Waals surface area contributed by atoms with Gasteiger partial charge in [-0.25, -0.2) is 0 Å². The molecular weight excluding hydrogens is 232 g/mol. The van der Waals surface area contributed by atoms with Gasteiger partial charge in [-0.2, -0.15) is 0 Å². The molecule has 0 bridgehead atoms. The molecule has 0 heterocycles. The molecule has 0 radical (unpaired) electrons. The summed E-state index contributed by atoms with van der Waals surface area (Å²) in [4.78, 5) is 34.9. The van der Waals surface area contributed by atoms with Crippen molar-refractivity contribution >= 4 is 17.5 Å². The van der Waals surface area contributed by atoms with Gasteiger partial charge in [-0.15, -0.1) is 0 Å². The summed E-state index contributed by atoms with van der Waals surface area (Å²) in [7, 11) is 1.30. The Hall–Kier alpha value is -1.45. The van der Waals surface area contributed by atoms with E-state index in [0.29, 0.717) is 19.3 Å². The molecule has 2 atom stereocenters. The first-order valence-electron chi connectivity index (χ1n) is 6.36. The lowest BCUT2D eigenvalue weighted by Gasteiger charge is -2.21. The smallest absolute Gasteiger partial charge is 0.316 e. The molecular formula is C14H20O4. The highest BCUT2D eigenvalue weighted by molar-refractivity contribution is 5.99. The van der Waals surface area contributed by atoms with Gasteiger partial charge in [0, 0.05) is 12.8 Å². The van der Waals surface area contributed by atoms with E-state index in [1.807, 2.05) is 0 Å². The monoisotopic (exact) mass is 252 g/mol. The fourth-order valence-corrected chi connectivity index (χ4v) is 2.48. The van der Waals surface area contributed by atoms with Crippen LogP contribution in [0.15, 0.2) is 12.7 Å². The van der Waals surface area contributed by atoms with Crippen LogP contribution < -0.4 is 0 Å². The standard InChI is InChI=1S/C14H20O4/c1-3-11(15)9-8-10-6-4-5-7-12(16)13(10)14(17)18-2/h3,10,13H,1,4-9H2,2H3. The fraction of sp³-hybridized carbons (Fsp3) is 0.643. The zero-order valence-electron chi connectivity index (χ0n) is 10.8. The highest BCUT2D eigenvalue weighted by atomic mass is 16.5. The minimum absolute atomic E-state index is 0.0459. The first kappa shape index (κ1) is 14.6. The summed E-state index contributed by atoms with van der Waals surface area (Å²) in [5.41, 5.74) is 0. The van der Waals surface area contributed by atoms with Crippen molar-refractivity contribution in [2.45, 2.75) is 38.5 Å². The van der Waals surface area contributed by atoms with E-state index >= 15 is 0 Å². The van der Waals surface area contributed by atoms with Crippen LogP contribution in [0, 0.1) is 11.8 Å². The van der Waals surface area contributed by atoms with Crippen LogP contribution in [-0.4, -0.2) is 24.6 Å². The van der Waals surface area contributed by atoms with Gasteiger partial charge in [0.2, 0.25) is 0 Å². The van der Waals surface area contributed by atoms with Crippen LogP contribution in [0.25, 0.3) is 0 Å². The maximum Gasteiger partial charge on any atom is 0.316 e. The molecule has 0 spiro atoms.